The van der Waals surface area contributed by atoms with Crippen LogP contribution in [-0.2, 0) is 4.79 Å². The maximum absolute atomic E-state index is 14.0. The van der Waals surface area contributed by atoms with E-state index in [9.17, 15) is 19.4 Å². The number of aryl methyl sites for hydroxylation is 1. The Bertz CT molecular complexity index is 1200. The number of nitrogens with zero attached hydrogens (tertiary/aromatic N) is 1. The fourth-order valence-electron chi connectivity index (χ4n) is 6.05. The van der Waals surface area contributed by atoms with Gasteiger partial charge >= 0.3 is 5.97 Å². The van der Waals surface area contributed by atoms with Crippen LogP contribution in [0.15, 0.2) is 36.4 Å². The van der Waals surface area contributed by atoms with E-state index >= 15 is 0 Å². The summed E-state index contributed by atoms with van der Waals surface area (Å²) in [5.74, 6) is -0.273. The smallest absolute Gasteiger partial charge is 0.306 e. The molecule has 5 heteroatoms. The lowest BCUT2D eigenvalue weighted by atomic mass is 9.47. The van der Waals surface area contributed by atoms with Crippen molar-refractivity contribution in [3.8, 4) is 11.4 Å². The van der Waals surface area contributed by atoms with Gasteiger partial charge in [0.15, 0.2) is 0 Å². The molecule has 1 spiro atoms. The molecule has 0 radical (unpaired) electrons. The molecule has 2 saturated carbocycles. The minimum absolute atomic E-state index is 0.166. The highest BCUT2D eigenvalue weighted by Crippen LogP contribution is 2.65. The van der Waals surface area contributed by atoms with Gasteiger partial charge in [-0.3, -0.25) is 4.79 Å². The van der Waals surface area contributed by atoms with Crippen LogP contribution in [-0.4, -0.2) is 20.7 Å². The van der Waals surface area contributed by atoms with Crippen molar-refractivity contribution >= 4 is 16.9 Å². The average Bonchev–Trinajstić information content (AvgIpc) is 2.96. The van der Waals surface area contributed by atoms with E-state index in [1.807, 2.05) is 24.3 Å². The third-order valence-electron chi connectivity index (χ3n) is 7.45. The monoisotopic (exact) mass is 421 g/mol. The SMILES string of the molecule is Cc1cc(-n2c(C(C)C)c(C3CC4(CC(C(=O)O)C4)C3)c3cc(O)ccc32)ccc1F. The summed E-state index contributed by atoms with van der Waals surface area (Å²) in [4.78, 5) is 11.3. The molecule has 2 aliphatic rings. The first-order valence-electron chi connectivity index (χ1n) is 11.1. The number of fused-ring (bicyclic) bond motifs is 1. The first-order chi connectivity index (χ1) is 14.7. The summed E-state index contributed by atoms with van der Waals surface area (Å²) in [5.41, 5.74) is 5.16. The number of carbonyl (C=O) groups is 1. The highest BCUT2D eigenvalue weighted by atomic mass is 19.1. The number of hydrogen-bond acceptors (Lipinski definition) is 2. The standard InChI is InChI=1S/C26H28FNO3/c1-14(2)24-23(16-10-26(11-16)12-17(13-26)25(30)31)20-9-19(29)5-7-22(20)28(24)18-4-6-21(27)15(3)8-18/h4-9,14,16-17,29H,10-13H2,1-3H3,(H,30,31). The predicted molar refractivity (Wildman–Crippen MR) is 118 cm³/mol. The summed E-state index contributed by atoms with van der Waals surface area (Å²) in [6.45, 7) is 6.11. The molecule has 1 aromatic heterocycles. The van der Waals surface area contributed by atoms with Crippen molar-refractivity contribution in [1.29, 1.82) is 0 Å². The lowest BCUT2D eigenvalue weighted by Gasteiger charge is -2.57. The van der Waals surface area contributed by atoms with Gasteiger partial charge in [0.25, 0.3) is 0 Å². The van der Waals surface area contributed by atoms with Crippen LogP contribution in [0.4, 0.5) is 4.39 Å². The number of hydrogen-bond donors (Lipinski definition) is 2. The fourth-order valence-corrected chi connectivity index (χ4v) is 6.05. The van der Waals surface area contributed by atoms with Crippen LogP contribution >= 0.6 is 0 Å². The molecule has 0 atom stereocenters. The zero-order valence-electron chi connectivity index (χ0n) is 18.2. The first-order valence-corrected chi connectivity index (χ1v) is 11.1. The number of benzene rings is 2. The number of carboxylic acids is 1. The fraction of sp³-hybridized carbons (Fsp3) is 0.423. The Hall–Kier alpha value is -2.82. The van der Waals surface area contributed by atoms with Crippen molar-refractivity contribution < 1.29 is 19.4 Å². The van der Waals surface area contributed by atoms with Crippen LogP contribution in [0.5, 0.6) is 5.75 Å². The molecule has 5 rings (SSSR count). The number of aromatic hydroxyl groups is 1. The molecule has 162 valence electrons. The second-order valence-electron chi connectivity index (χ2n) is 9.97. The van der Waals surface area contributed by atoms with E-state index < -0.39 is 5.97 Å². The van der Waals surface area contributed by atoms with Gasteiger partial charge in [-0.15, -0.1) is 0 Å². The van der Waals surface area contributed by atoms with E-state index in [0.717, 1.165) is 42.3 Å². The summed E-state index contributed by atoms with van der Waals surface area (Å²) in [6.07, 6.45) is 3.54. The second-order valence-corrected chi connectivity index (χ2v) is 9.97. The molecule has 1 heterocycles. The molecule has 2 aliphatic carbocycles. The average molecular weight is 422 g/mol. The van der Waals surface area contributed by atoms with Crippen LogP contribution < -0.4 is 0 Å². The van der Waals surface area contributed by atoms with Crippen molar-refractivity contribution in [2.45, 2.75) is 58.3 Å². The zero-order chi connectivity index (χ0) is 22.1. The van der Waals surface area contributed by atoms with Crippen LogP contribution in [0, 0.1) is 24.1 Å². The maximum atomic E-state index is 14.0. The van der Waals surface area contributed by atoms with Crippen molar-refractivity contribution in [3.63, 3.8) is 0 Å². The minimum Gasteiger partial charge on any atom is -0.508 e. The van der Waals surface area contributed by atoms with Crippen molar-refractivity contribution in [1.82, 2.24) is 4.57 Å². The van der Waals surface area contributed by atoms with Crippen LogP contribution in [0.1, 0.15) is 68.2 Å². The largest absolute Gasteiger partial charge is 0.508 e. The van der Waals surface area contributed by atoms with Gasteiger partial charge in [0.1, 0.15) is 11.6 Å². The number of carboxylic acid groups (broad SMARTS) is 1. The molecular formula is C26H28FNO3. The number of phenols is 1. The maximum Gasteiger partial charge on any atom is 0.306 e. The van der Waals surface area contributed by atoms with Gasteiger partial charge in [-0.25, -0.2) is 4.39 Å². The molecule has 0 saturated heterocycles. The summed E-state index contributed by atoms with van der Waals surface area (Å²) in [7, 11) is 0. The molecule has 0 aliphatic heterocycles. The summed E-state index contributed by atoms with van der Waals surface area (Å²) < 4.78 is 16.2. The topological polar surface area (TPSA) is 62.5 Å². The van der Waals surface area contributed by atoms with Crippen molar-refractivity contribution in [2.24, 2.45) is 11.3 Å². The van der Waals surface area contributed by atoms with Crippen LogP contribution in [0.3, 0.4) is 0 Å². The summed E-state index contributed by atoms with van der Waals surface area (Å²) in [6, 6.07) is 10.7. The number of halogens is 1. The highest BCUT2D eigenvalue weighted by molar-refractivity contribution is 5.89. The molecule has 2 aromatic carbocycles. The lowest BCUT2D eigenvalue weighted by molar-refractivity contribution is -0.155. The van der Waals surface area contributed by atoms with Crippen molar-refractivity contribution in [2.75, 3.05) is 0 Å². The van der Waals surface area contributed by atoms with Gasteiger partial charge in [0, 0.05) is 16.8 Å². The molecule has 4 nitrogen and oxygen atoms in total. The van der Waals surface area contributed by atoms with E-state index in [1.54, 1.807) is 13.0 Å². The van der Waals surface area contributed by atoms with Gasteiger partial charge < -0.3 is 14.8 Å². The zero-order valence-corrected chi connectivity index (χ0v) is 18.2. The number of aromatic nitrogens is 1. The van der Waals surface area contributed by atoms with Gasteiger partial charge in [-0.2, -0.15) is 0 Å². The van der Waals surface area contributed by atoms with E-state index in [2.05, 4.69) is 18.4 Å². The number of phenolic OH excluding ortho intramolecular Hbond substituents is 1. The first kappa shape index (κ1) is 20.1. The van der Waals surface area contributed by atoms with Crippen LogP contribution in [0.25, 0.3) is 16.6 Å². The Morgan fingerprint density at radius 1 is 1.13 bits per heavy atom. The molecule has 31 heavy (non-hydrogen) atoms. The Balaban J connectivity index is 1.63. The Kier molecular flexibility index (Phi) is 4.44. The van der Waals surface area contributed by atoms with Gasteiger partial charge in [-0.1, -0.05) is 13.8 Å². The van der Waals surface area contributed by atoms with Gasteiger partial charge in [0.2, 0.25) is 0 Å². The normalized spacial score (nSPS) is 25.1. The molecule has 2 fully saturated rings. The Morgan fingerprint density at radius 2 is 1.84 bits per heavy atom. The van der Waals surface area contributed by atoms with Gasteiger partial charge in [0.05, 0.1) is 11.4 Å². The van der Waals surface area contributed by atoms with Gasteiger partial charge in [-0.05, 0) is 97.4 Å². The number of aliphatic carboxylic acids is 1. The highest BCUT2D eigenvalue weighted by Gasteiger charge is 2.55. The third-order valence-corrected chi connectivity index (χ3v) is 7.45. The second kappa shape index (κ2) is 6.84. The van der Waals surface area contributed by atoms with E-state index in [1.165, 1.54) is 17.3 Å². The van der Waals surface area contributed by atoms with E-state index in [4.69, 9.17) is 0 Å². The third kappa shape index (κ3) is 3.05. The molecule has 2 N–H and O–H groups in total. The molecule has 0 amide bonds. The quantitative estimate of drug-likeness (QED) is 0.522. The number of rotatable bonds is 4. The molecule has 3 aromatic rings. The summed E-state index contributed by atoms with van der Waals surface area (Å²) in [5, 5.41) is 20.6. The van der Waals surface area contributed by atoms with E-state index in [0.29, 0.717) is 11.5 Å². The molecule has 0 unspecified atom stereocenters. The minimum atomic E-state index is -0.676. The van der Waals surface area contributed by atoms with Crippen LogP contribution in [0.2, 0.25) is 0 Å². The summed E-state index contributed by atoms with van der Waals surface area (Å²) >= 11 is 0. The predicted octanol–water partition coefficient (Wildman–Crippen LogP) is 6.27. The molecular weight excluding hydrogens is 393 g/mol. The molecule has 0 bridgehead atoms. The Morgan fingerprint density at radius 3 is 2.45 bits per heavy atom. The lowest BCUT2D eigenvalue weighted by Crippen LogP contribution is -2.49. The Labute approximate surface area is 181 Å². The van der Waals surface area contributed by atoms with E-state index in [-0.39, 0.29) is 28.8 Å². The van der Waals surface area contributed by atoms with Crippen molar-refractivity contribution in [3.05, 3.63) is 59.0 Å².